The van der Waals surface area contributed by atoms with Crippen molar-refractivity contribution in [3.05, 3.63) is 0 Å². The molecule has 0 aromatic rings. The third kappa shape index (κ3) is 4.05. The lowest BCUT2D eigenvalue weighted by atomic mass is 9.81. The van der Waals surface area contributed by atoms with E-state index in [2.05, 4.69) is 5.32 Å². The second-order valence-corrected chi connectivity index (χ2v) is 9.32. The maximum atomic E-state index is 12.3. The second kappa shape index (κ2) is 7.34. The molecule has 2 aliphatic heterocycles. The third-order valence-electron chi connectivity index (χ3n) is 5.18. The number of sulfone groups is 1. The van der Waals surface area contributed by atoms with Crippen molar-refractivity contribution in [3.8, 4) is 0 Å². The molecule has 3 fully saturated rings. The van der Waals surface area contributed by atoms with Crippen molar-refractivity contribution in [2.24, 2.45) is 11.8 Å². The number of rotatable bonds is 5. The highest BCUT2D eigenvalue weighted by atomic mass is 32.2. The first kappa shape index (κ1) is 18.8. The number of esters is 1. The second-order valence-electron chi connectivity index (χ2n) is 7.09. The van der Waals surface area contributed by atoms with E-state index in [9.17, 15) is 27.6 Å². The zero-order valence-corrected chi connectivity index (χ0v) is 15.1. The molecule has 3 aliphatic rings. The molecule has 3 unspecified atom stereocenters. The molecule has 0 aromatic carbocycles. The van der Waals surface area contributed by atoms with Gasteiger partial charge in [0, 0.05) is 6.04 Å². The van der Waals surface area contributed by atoms with E-state index in [-0.39, 0.29) is 35.2 Å². The molecule has 0 radical (unpaired) electrons. The number of nitrogens with zero attached hydrogens (tertiary/aromatic N) is 1. The first-order valence-corrected chi connectivity index (χ1v) is 10.6. The first-order valence-electron chi connectivity index (χ1n) is 8.77. The summed E-state index contributed by atoms with van der Waals surface area (Å²) in [5.74, 6) is -2.87. The molecule has 3 amide bonds. The maximum absolute atomic E-state index is 12.3. The zero-order valence-electron chi connectivity index (χ0n) is 14.3. The fraction of sp³-hybridized carbons (Fsp3) is 0.750. The standard InChI is InChI=1S/C16H22N2O7S/c19-13(17-10-5-6-26(23,24)9-10)8-25-14(20)7-18-15(21)11-3-1-2-4-12(11)16(18)22/h10-12H,1-9H2,(H,17,19). The summed E-state index contributed by atoms with van der Waals surface area (Å²) in [5.41, 5.74) is 0. The van der Waals surface area contributed by atoms with Gasteiger partial charge in [-0.3, -0.25) is 24.1 Å². The van der Waals surface area contributed by atoms with E-state index in [0.29, 0.717) is 19.3 Å². The molecule has 1 aliphatic carbocycles. The van der Waals surface area contributed by atoms with Gasteiger partial charge in [0.15, 0.2) is 16.4 Å². The van der Waals surface area contributed by atoms with Crippen LogP contribution in [-0.2, 0) is 33.8 Å². The van der Waals surface area contributed by atoms with E-state index in [1.807, 2.05) is 0 Å². The van der Waals surface area contributed by atoms with E-state index in [1.165, 1.54) is 0 Å². The van der Waals surface area contributed by atoms with Gasteiger partial charge in [0.05, 0.1) is 23.3 Å². The van der Waals surface area contributed by atoms with Gasteiger partial charge in [-0.15, -0.1) is 0 Å². The van der Waals surface area contributed by atoms with Gasteiger partial charge in [-0.2, -0.15) is 0 Å². The van der Waals surface area contributed by atoms with Gasteiger partial charge in [0.2, 0.25) is 11.8 Å². The lowest BCUT2D eigenvalue weighted by molar-refractivity contribution is -0.155. The van der Waals surface area contributed by atoms with Crippen LogP contribution in [0.2, 0.25) is 0 Å². The summed E-state index contributed by atoms with van der Waals surface area (Å²) in [4.78, 5) is 49.1. The maximum Gasteiger partial charge on any atom is 0.326 e. The number of nitrogens with one attached hydrogen (secondary N) is 1. The van der Waals surface area contributed by atoms with Gasteiger partial charge in [0.1, 0.15) is 6.54 Å². The Kier molecular flexibility index (Phi) is 5.31. The van der Waals surface area contributed by atoms with Crippen LogP contribution < -0.4 is 5.32 Å². The molecular weight excluding hydrogens is 364 g/mol. The van der Waals surface area contributed by atoms with Crippen LogP contribution in [0, 0.1) is 11.8 Å². The van der Waals surface area contributed by atoms with Crippen molar-refractivity contribution in [2.45, 2.75) is 38.1 Å². The van der Waals surface area contributed by atoms with Crippen molar-refractivity contribution in [1.29, 1.82) is 0 Å². The minimum Gasteiger partial charge on any atom is -0.454 e. The Morgan fingerprint density at radius 3 is 2.23 bits per heavy atom. The number of fused-ring (bicyclic) bond motifs is 1. The summed E-state index contributed by atoms with van der Waals surface area (Å²) in [7, 11) is -3.12. The molecule has 10 heteroatoms. The molecule has 0 bridgehead atoms. The van der Waals surface area contributed by atoms with Gasteiger partial charge in [-0.1, -0.05) is 12.8 Å². The summed E-state index contributed by atoms with van der Waals surface area (Å²) in [6.45, 7) is -1.06. The van der Waals surface area contributed by atoms with Crippen LogP contribution in [0.1, 0.15) is 32.1 Å². The van der Waals surface area contributed by atoms with Crippen molar-refractivity contribution in [2.75, 3.05) is 24.7 Å². The summed E-state index contributed by atoms with van der Waals surface area (Å²) in [6.07, 6.45) is 3.45. The minimum absolute atomic E-state index is 0.0270. The van der Waals surface area contributed by atoms with E-state index >= 15 is 0 Å². The van der Waals surface area contributed by atoms with E-state index in [1.54, 1.807) is 0 Å². The molecule has 1 N–H and O–H groups in total. The Hall–Kier alpha value is -1.97. The Balaban J connectivity index is 1.45. The normalized spacial score (nSPS) is 30.2. The van der Waals surface area contributed by atoms with Crippen LogP contribution >= 0.6 is 0 Å². The lowest BCUT2D eigenvalue weighted by Gasteiger charge is -2.19. The van der Waals surface area contributed by atoms with Gasteiger partial charge >= 0.3 is 5.97 Å². The number of ether oxygens (including phenoxy) is 1. The Bertz CT molecular complexity index is 709. The Labute approximate surface area is 151 Å². The van der Waals surface area contributed by atoms with Crippen LogP contribution in [0.15, 0.2) is 0 Å². The third-order valence-corrected chi connectivity index (χ3v) is 6.95. The zero-order chi connectivity index (χ0) is 18.9. The van der Waals surface area contributed by atoms with Gasteiger partial charge < -0.3 is 10.1 Å². The summed E-state index contributed by atoms with van der Waals surface area (Å²) < 4.78 is 27.5. The highest BCUT2D eigenvalue weighted by Gasteiger charge is 2.48. The average Bonchev–Trinajstić information content (AvgIpc) is 3.05. The Morgan fingerprint density at radius 2 is 1.69 bits per heavy atom. The Morgan fingerprint density at radius 1 is 1.08 bits per heavy atom. The monoisotopic (exact) mass is 386 g/mol. The fourth-order valence-electron chi connectivity index (χ4n) is 3.89. The molecule has 1 saturated carbocycles. The molecule has 26 heavy (non-hydrogen) atoms. The van der Waals surface area contributed by atoms with Crippen LogP contribution in [0.5, 0.6) is 0 Å². The summed E-state index contributed by atoms with van der Waals surface area (Å²) >= 11 is 0. The quantitative estimate of drug-likeness (QED) is 0.475. The van der Waals surface area contributed by atoms with Crippen LogP contribution in [0.3, 0.4) is 0 Å². The van der Waals surface area contributed by atoms with Crippen molar-refractivity contribution in [3.63, 3.8) is 0 Å². The minimum atomic E-state index is -3.12. The van der Waals surface area contributed by atoms with Crippen LogP contribution in [0.25, 0.3) is 0 Å². The summed E-state index contributed by atoms with van der Waals surface area (Å²) in [6, 6.07) is -0.476. The number of imide groups is 1. The molecular formula is C16H22N2O7S. The van der Waals surface area contributed by atoms with E-state index in [0.717, 1.165) is 17.7 Å². The van der Waals surface area contributed by atoms with Gasteiger partial charge in [-0.25, -0.2) is 8.42 Å². The molecule has 144 valence electrons. The predicted octanol–water partition coefficient (Wildman–Crippen LogP) is -0.992. The highest BCUT2D eigenvalue weighted by Crippen LogP contribution is 2.37. The predicted molar refractivity (Wildman–Crippen MR) is 88.3 cm³/mol. The van der Waals surface area contributed by atoms with E-state index < -0.39 is 40.9 Å². The molecule has 0 aromatic heterocycles. The van der Waals surface area contributed by atoms with Gasteiger partial charge in [0.25, 0.3) is 5.91 Å². The van der Waals surface area contributed by atoms with Gasteiger partial charge in [-0.05, 0) is 19.3 Å². The highest BCUT2D eigenvalue weighted by molar-refractivity contribution is 7.91. The van der Waals surface area contributed by atoms with E-state index in [4.69, 9.17) is 4.74 Å². The van der Waals surface area contributed by atoms with Crippen LogP contribution in [-0.4, -0.2) is 67.7 Å². The molecule has 0 spiro atoms. The molecule has 2 saturated heterocycles. The number of hydrogen-bond acceptors (Lipinski definition) is 7. The first-order chi connectivity index (χ1) is 12.3. The van der Waals surface area contributed by atoms with Crippen molar-refractivity contribution in [1.82, 2.24) is 10.2 Å². The van der Waals surface area contributed by atoms with Crippen molar-refractivity contribution >= 4 is 33.5 Å². The number of amides is 3. The number of hydrogen-bond donors (Lipinski definition) is 1. The molecule has 9 nitrogen and oxygen atoms in total. The molecule has 3 rings (SSSR count). The lowest BCUT2D eigenvalue weighted by Crippen LogP contribution is -2.40. The number of likely N-dealkylation sites (tertiary alicyclic amines) is 1. The largest absolute Gasteiger partial charge is 0.454 e. The van der Waals surface area contributed by atoms with Crippen molar-refractivity contribution < 1.29 is 32.3 Å². The number of carbonyl (C=O) groups is 4. The number of carbonyl (C=O) groups excluding carboxylic acids is 4. The smallest absolute Gasteiger partial charge is 0.326 e. The summed E-state index contributed by atoms with van der Waals surface area (Å²) in [5, 5.41) is 2.50. The molecule has 3 atom stereocenters. The average molecular weight is 386 g/mol. The van der Waals surface area contributed by atoms with Crippen LogP contribution in [0.4, 0.5) is 0 Å². The topological polar surface area (TPSA) is 127 Å². The SMILES string of the molecule is O=C(COC(=O)CN1C(=O)C2CCCCC2C1=O)NC1CCS(=O)(=O)C1. The molecule has 2 heterocycles. The fourth-order valence-corrected chi connectivity index (χ4v) is 5.56.